The average Bonchev–Trinajstić information content (AvgIpc) is 2.20. The molecule has 0 atom stereocenters. The van der Waals surface area contributed by atoms with E-state index in [0.29, 0.717) is 15.7 Å². The van der Waals surface area contributed by atoms with Gasteiger partial charge in [-0.05, 0) is 18.2 Å². The monoisotopic (exact) mass is 249 g/mol. The molecule has 1 aromatic carbocycles. The van der Waals surface area contributed by atoms with E-state index < -0.39 is 6.09 Å². The molecule has 0 bridgehead atoms. The predicted octanol–water partition coefficient (Wildman–Crippen LogP) is 2.53. The molecule has 15 heavy (non-hydrogen) atoms. The van der Waals surface area contributed by atoms with E-state index in [2.05, 4.69) is 10.1 Å². The Balaban J connectivity index is 2.57. The number of carbonyl (C=O) groups is 1. The van der Waals surface area contributed by atoms with Crippen LogP contribution in [0.15, 0.2) is 18.2 Å². The van der Waals surface area contributed by atoms with Crippen LogP contribution >= 0.6 is 23.2 Å². The minimum Gasteiger partial charge on any atom is -0.447 e. The Morgan fingerprint density at radius 2 is 2.13 bits per heavy atom. The van der Waals surface area contributed by atoms with Crippen LogP contribution in [0.25, 0.3) is 0 Å². The molecule has 0 spiro atoms. The molecule has 0 fully saturated rings. The van der Waals surface area contributed by atoms with E-state index in [4.69, 9.17) is 28.3 Å². The number of amides is 1. The SMILES string of the molecule is O=C(Nc1ccc(Cl)c(Cl)c1)OCCO. The van der Waals surface area contributed by atoms with Crippen LogP contribution in [0.2, 0.25) is 10.0 Å². The van der Waals surface area contributed by atoms with Crippen LogP contribution in [0, 0.1) is 0 Å². The lowest BCUT2D eigenvalue weighted by atomic mass is 10.3. The first-order valence-electron chi connectivity index (χ1n) is 4.13. The first-order chi connectivity index (χ1) is 7.13. The Bertz CT molecular complexity index is 357. The number of benzene rings is 1. The number of ether oxygens (including phenoxy) is 1. The van der Waals surface area contributed by atoms with Crippen molar-refractivity contribution in [3.05, 3.63) is 28.2 Å². The molecule has 2 N–H and O–H groups in total. The van der Waals surface area contributed by atoms with Crippen molar-refractivity contribution in [2.24, 2.45) is 0 Å². The standard InChI is InChI=1S/C9H9Cl2NO3/c10-7-2-1-6(5-8(7)11)12-9(14)15-4-3-13/h1-2,5,13H,3-4H2,(H,12,14). The first kappa shape index (κ1) is 12.1. The van der Waals surface area contributed by atoms with Crippen LogP contribution in [-0.2, 0) is 4.74 Å². The van der Waals surface area contributed by atoms with Gasteiger partial charge in [-0.3, -0.25) is 5.32 Å². The van der Waals surface area contributed by atoms with Crippen LogP contribution in [-0.4, -0.2) is 24.4 Å². The third-order valence-corrected chi connectivity index (χ3v) is 2.23. The van der Waals surface area contributed by atoms with Gasteiger partial charge in [-0.15, -0.1) is 0 Å². The largest absolute Gasteiger partial charge is 0.447 e. The molecule has 0 aliphatic carbocycles. The van der Waals surface area contributed by atoms with Crippen molar-refractivity contribution in [3.63, 3.8) is 0 Å². The Kier molecular flexibility index (Phi) is 4.68. The summed E-state index contributed by atoms with van der Waals surface area (Å²) in [5.74, 6) is 0. The number of aliphatic hydroxyl groups is 1. The molecule has 0 saturated heterocycles. The fraction of sp³-hybridized carbons (Fsp3) is 0.222. The molecule has 0 aliphatic heterocycles. The summed E-state index contributed by atoms with van der Waals surface area (Å²) in [6, 6.07) is 4.66. The molecule has 0 radical (unpaired) electrons. The lowest BCUT2D eigenvalue weighted by molar-refractivity contribution is 0.131. The minimum absolute atomic E-state index is 0.0485. The molecule has 82 valence electrons. The highest BCUT2D eigenvalue weighted by Crippen LogP contribution is 2.24. The predicted molar refractivity (Wildman–Crippen MR) is 58.5 cm³/mol. The second-order valence-electron chi connectivity index (χ2n) is 2.61. The normalized spacial score (nSPS) is 9.80. The van der Waals surface area contributed by atoms with Gasteiger partial charge in [0.2, 0.25) is 0 Å². The van der Waals surface area contributed by atoms with Crippen molar-refractivity contribution in [2.75, 3.05) is 18.5 Å². The Morgan fingerprint density at radius 3 is 2.73 bits per heavy atom. The van der Waals surface area contributed by atoms with E-state index in [1.807, 2.05) is 0 Å². The molecular formula is C9H9Cl2NO3. The molecule has 6 heteroatoms. The maximum Gasteiger partial charge on any atom is 0.411 e. The topological polar surface area (TPSA) is 58.6 Å². The van der Waals surface area contributed by atoms with Gasteiger partial charge in [0, 0.05) is 5.69 Å². The molecule has 0 heterocycles. The second-order valence-corrected chi connectivity index (χ2v) is 3.43. The number of anilines is 1. The summed E-state index contributed by atoms with van der Waals surface area (Å²) in [6.45, 7) is -0.262. The van der Waals surface area contributed by atoms with E-state index in [9.17, 15) is 4.79 Å². The molecule has 4 nitrogen and oxygen atoms in total. The number of nitrogens with one attached hydrogen (secondary N) is 1. The number of rotatable bonds is 3. The first-order valence-corrected chi connectivity index (χ1v) is 4.89. The molecular weight excluding hydrogens is 241 g/mol. The third kappa shape index (κ3) is 3.95. The van der Waals surface area contributed by atoms with Crippen LogP contribution in [0.1, 0.15) is 0 Å². The van der Waals surface area contributed by atoms with Gasteiger partial charge in [0.25, 0.3) is 0 Å². The van der Waals surface area contributed by atoms with Crippen LogP contribution < -0.4 is 5.32 Å². The zero-order valence-electron chi connectivity index (χ0n) is 7.67. The maximum atomic E-state index is 11.0. The summed E-state index contributed by atoms with van der Waals surface area (Å²) in [4.78, 5) is 11.0. The number of carbonyl (C=O) groups excluding carboxylic acids is 1. The van der Waals surface area contributed by atoms with Crippen molar-refractivity contribution in [3.8, 4) is 0 Å². The van der Waals surface area contributed by atoms with Crippen molar-refractivity contribution in [1.29, 1.82) is 0 Å². The lowest BCUT2D eigenvalue weighted by Crippen LogP contribution is -2.15. The van der Waals surface area contributed by atoms with Gasteiger partial charge in [-0.25, -0.2) is 4.79 Å². The Morgan fingerprint density at radius 1 is 1.40 bits per heavy atom. The summed E-state index contributed by atoms with van der Waals surface area (Å²) >= 11 is 11.4. The maximum absolute atomic E-state index is 11.0. The highest BCUT2D eigenvalue weighted by Gasteiger charge is 2.04. The van der Waals surface area contributed by atoms with Crippen molar-refractivity contribution < 1.29 is 14.6 Å². The average molecular weight is 250 g/mol. The van der Waals surface area contributed by atoms with Gasteiger partial charge in [0.1, 0.15) is 6.61 Å². The van der Waals surface area contributed by atoms with Gasteiger partial charge < -0.3 is 9.84 Å². The Hall–Kier alpha value is -0.970. The molecule has 0 saturated carbocycles. The fourth-order valence-electron chi connectivity index (χ4n) is 0.866. The highest BCUT2D eigenvalue weighted by atomic mass is 35.5. The summed E-state index contributed by atoms with van der Waals surface area (Å²) < 4.78 is 4.59. The molecule has 0 aromatic heterocycles. The van der Waals surface area contributed by atoms with E-state index in [1.165, 1.54) is 6.07 Å². The second kappa shape index (κ2) is 5.80. The van der Waals surface area contributed by atoms with Crippen molar-refractivity contribution in [1.82, 2.24) is 0 Å². The molecule has 1 rings (SSSR count). The Labute approximate surface area is 96.8 Å². The van der Waals surface area contributed by atoms with Gasteiger partial charge in [0.15, 0.2) is 0 Å². The fourth-order valence-corrected chi connectivity index (χ4v) is 1.16. The van der Waals surface area contributed by atoms with E-state index in [-0.39, 0.29) is 13.2 Å². The summed E-state index contributed by atoms with van der Waals surface area (Å²) in [5.41, 5.74) is 0.479. The highest BCUT2D eigenvalue weighted by molar-refractivity contribution is 6.42. The number of aliphatic hydroxyl groups excluding tert-OH is 1. The van der Waals surface area contributed by atoms with E-state index >= 15 is 0 Å². The van der Waals surface area contributed by atoms with Gasteiger partial charge in [-0.2, -0.15) is 0 Å². The quantitative estimate of drug-likeness (QED) is 0.866. The number of hydrogen-bond acceptors (Lipinski definition) is 3. The molecule has 1 amide bonds. The van der Waals surface area contributed by atoms with E-state index in [1.54, 1.807) is 12.1 Å². The summed E-state index contributed by atoms with van der Waals surface area (Å²) in [6.07, 6.45) is -0.651. The summed E-state index contributed by atoms with van der Waals surface area (Å²) in [7, 11) is 0. The molecule has 0 unspecified atom stereocenters. The zero-order valence-corrected chi connectivity index (χ0v) is 9.18. The number of hydrogen-bond donors (Lipinski definition) is 2. The van der Waals surface area contributed by atoms with Crippen molar-refractivity contribution >= 4 is 35.0 Å². The molecule has 1 aromatic rings. The third-order valence-electron chi connectivity index (χ3n) is 1.49. The molecule has 0 aliphatic rings. The lowest BCUT2D eigenvalue weighted by Gasteiger charge is -2.06. The van der Waals surface area contributed by atoms with E-state index in [0.717, 1.165) is 0 Å². The van der Waals surface area contributed by atoms with Crippen LogP contribution in [0.5, 0.6) is 0 Å². The van der Waals surface area contributed by atoms with Gasteiger partial charge >= 0.3 is 6.09 Å². The van der Waals surface area contributed by atoms with Crippen LogP contribution in [0.3, 0.4) is 0 Å². The van der Waals surface area contributed by atoms with Gasteiger partial charge in [-0.1, -0.05) is 23.2 Å². The zero-order chi connectivity index (χ0) is 11.3. The minimum atomic E-state index is -0.651. The summed E-state index contributed by atoms with van der Waals surface area (Å²) in [5, 5.41) is 11.6. The number of halogens is 2. The van der Waals surface area contributed by atoms with Crippen molar-refractivity contribution in [2.45, 2.75) is 0 Å². The van der Waals surface area contributed by atoms with Crippen LogP contribution in [0.4, 0.5) is 10.5 Å². The van der Waals surface area contributed by atoms with Gasteiger partial charge in [0.05, 0.1) is 16.7 Å². The smallest absolute Gasteiger partial charge is 0.411 e.